The molecule has 0 saturated carbocycles. The molecule has 1 aromatic carbocycles. The van der Waals surface area contributed by atoms with Gasteiger partial charge in [-0.25, -0.2) is 19.4 Å². The lowest BCUT2D eigenvalue weighted by molar-refractivity contribution is 0.628. The van der Waals surface area contributed by atoms with E-state index in [1.54, 1.807) is 24.5 Å². The molecule has 1 N–H and O–H groups in total. The molecular formula is C26H23FN6. The highest BCUT2D eigenvalue weighted by atomic mass is 19.1. The Labute approximate surface area is 192 Å². The van der Waals surface area contributed by atoms with Gasteiger partial charge in [-0.05, 0) is 49.7 Å². The minimum Gasteiger partial charge on any atom is -0.364 e. The summed E-state index contributed by atoms with van der Waals surface area (Å²) in [6, 6.07) is 14.2. The third-order valence-electron chi connectivity index (χ3n) is 4.99. The van der Waals surface area contributed by atoms with Gasteiger partial charge < -0.3 is 5.32 Å². The van der Waals surface area contributed by atoms with Crippen LogP contribution in [0.2, 0.25) is 0 Å². The van der Waals surface area contributed by atoms with Crippen molar-refractivity contribution in [3.63, 3.8) is 0 Å². The Balaban J connectivity index is 1.50. The van der Waals surface area contributed by atoms with Gasteiger partial charge in [0.1, 0.15) is 11.5 Å². The molecule has 33 heavy (non-hydrogen) atoms. The smallest absolute Gasteiger partial charge is 0.154 e. The first-order valence-corrected chi connectivity index (χ1v) is 10.4. The average molecular weight is 439 g/mol. The Hall–Kier alpha value is -4.26. The lowest BCUT2D eigenvalue weighted by Crippen LogP contribution is -2.26. The predicted molar refractivity (Wildman–Crippen MR) is 128 cm³/mol. The molecule has 0 fully saturated rings. The number of nitrogens with zero attached hydrogens (tertiary/aromatic N) is 5. The molecule has 3 heterocycles. The van der Waals surface area contributed by atoms with Crippen molar-refractivity contribution in [2.45, 2.75) is 20.4 Å². The summed E-state index contributed by atoms with van der Waals surface area (Å²) in [6.45, 7) is 8.01. The molecule has 0 aliphatic rings. The Morgan fingerprint density at radius 1 is 1.00 bits per heavy atom. The number of amidine groups is 1. The van der Waals surface area contributed by atoms with Crippen molar-refractivity contribution in [2.24, 2.45) is 4.99 Å². The van der Waals surface area contributed by atoms with E-state index in [9.17, 15) is 4.39 Å². The summed E-state index contributed by atoms with van der Waals surface area (Å²) in [5.74, 6) is 0.236. The van der Waals surface area contributed by atoms with E-state index in [0.29, 0.717) is 35.0 Å². The highest BCUT2D eigenvalue weighted by Gasteiger charge is 2.12. The number of halogens is 1. The number of aromatic nitrogens is 4. The molecular weight excluding hydrogens is 415 g/mol. The lowest BCUT2D eigenvalue weighted by atomic mass is 10.1. The topological polar surface area (TPSA) is 76.0 Å². The molecule has 0 unspecified atom stereocenters. The summed E-state index contributed by atoms with van der Waals surface area (Å²) < 4.78 is 13.6. The molecule has 6 nitrogen and oxygen atoms in total. The maximum atomic E-state index is 13.6. The van der Waals surface area contributed by atoms with Crippen LogP contribution in [-0.4, -0.2) is 25.8 Å². The van der Waals surface area contributed by atoms with Crippen LogP contribution < -0.4 is 5.32 Å². The maximum absolute atomic E-state index is 13.6. The van der Waals surface area contributed by atoms with Gasteiger partial charge in [0.05, 0.1) is 23.3 Å². The fraction of sp³-hybridized carbons (Fsp3) is 0.115. The van der Waals surface area contributed by atoms with Crippen LogP contribution in [0.25, 0.3) is 22.5 Å². The molecule has 4 rings (SSSR count). The molecule has 0 radical (unpaired) electrons. The first-order valence-electron chi connectivity index (χ1n) is 10.4. The second-order valence-corrected chi connectivity index (χ2v) is 7.45. The van der Waals surface area contributed by atoms with Crippen molar-refractivity contribution in [3.05, 3.63) is 108 Å². The van der Waals surface area contributed by atoms with Crippen LogP contribution in [0.5, 0.6) is 0 Å². The number of benzene rings is 1. The van der Waals surface area contributed by atoms with Crippen LogP contribution in [0.4, 0.5) is 4.39 Å². The van der Waals surface area contributed by atoms with E-state index in [-0.39, 0.29) is 5.82 Å². The zero-order chi connectivity index (χ0) is 23.2. The van der Waals surface area contributed by atoms with Gasteiger partial charge in [0.25, 0.3) is 0 Å². The molecule has 0 aliphatic carbocycles. The van der Waals surface area contributed by atoms with E-state index in [2.05, 4.69) is 36.8 Å². The van der Waals surface area contributed by atoms with Crippen molar-refractivity contribution >= 4 is 5.84 Å². The normalized spacial score (nSPS) is 11.3. The summed E-state index contributed by atoms with van der Waals surface area (Å²) >= 11 is 0. The van der Waals surface area contributed by atoms with Crippen LogP contribution in [0.3, 0.4) is 0 Å². The van der Waals surface area contributed by atoms with E-state index < -0.39 is 0 Å². The van der Waals surface area contributed by atoms with E-state index in [1.807, 2.05) is 44.3 Å². The minimum absolute atomic E-state index is 0.315. The van der Waals surface area contributed by atoms with Gasteiger partial charge in [0.15, 0.2) is 5.84 Å². The Morgan fingerprint density at radius 3 is 2.55 bits per heavy atom. The fourth-order valence-electron chi connectivity index (χ4n) is 3.37. The molecule has 3 aromatic heterocycles. The highest BCUT2D eigenvalue weighted by Crippen LogP contribution is 2.19. The first-order chi connectivity index (χ1) is 16.0. The van der Waals surface area contributed by atoms with Gasteiger partial charge in [-0.3, -0.25) is 9.97 Å². The van der Waals surface area contributed by atoms with Crippen LogP contribution in [-0.2, 0) is 6.54 Å². The standard InChI is InChI=1S/C26H23FN6/c1-4-28-26(25-18(3)33-24(16-31-25)20-6-5-7-22(27)13-20)32-15-19-8-9-23(30-14-19)21-10-11-29-17(2)12-21/h4-14,16H,1,15H2,2-3H3,(H,28,32). The third-order valence-corrected chi connectivity index (χ3v) is 4.99. The molecule has 0 spiro atoms. The predicted octanol–water partition coefficient (Wildman–Crippen LogP) is 5.04. The number of aryl methyl sites for hydroxylation is 2. The second-order valence-electron chi connectivity index (χ2n) is 7.45. The fourth-order valence-corrected chi connectivity index (χ4v) is 3.37. The second kappa shape index (κ2) is 9.91. The lowest BCUT2D eigenvalue weighted by Gasteiger charge is -2.12. The molecule has 0 aliphatic heterocycles. The molecule has 0 saturated heterocycles. The molecule has 4 aromatic rings. The van der Waals surface area contributed by atoms with Gasteiger partial charge in [0.2, 0.25) is 0 Å². The van der Waals surface area contributed by atoms with Gasteiger partial charge in [-0.2, -0.15) is 0 Å². The van der Waals surface area contributed by atoms with Crippen LogP contribution in [0.15, 0.2) is 84.9 Å². The average Bonchev–Trinajstić information content (AvgIpc) is 2.82. The monoisotopic (exact) mass is 438 g/mol. The van der Waals surface area contributed by atoms with Crippen molar-refractivity contribution in [3.8, 4) is 22.5 Å². The van der Waals surface area contributed by atoms with Gasteiger partial charge in [0, 0.05) is 42.0 Å². The number of rotatable bonds is 6. The van der Waals surface area contributed by atoms with Crippen molar-refractivity contribution in [1.29, 1.82) is 0 Å². The summed E-state index contributed by atoms with van der Waals surface area (Å²) in [6.07, 6.45) is 6.68. The Bertz CT molecular complexity index is 1310. The summed E-state index contributed by atoms with van der Waals surface area (Å²) in [5.41, 5.74) is 6.40. The van der Waals surface area contributed by atoms with Gasteiger partial charge >= 0.3 is 0 Å². The number of nitrogens with one attached hydrogen (secondary N) is 1. The molecule has 0 atom stereocenters. The molecule has 164 valence electrons. The number of pyridine rings is 2. The quantitative estimate of drug-likeness (QED) is 0.337. The van der Waals surface area contributed by atoms with Crippen LogP contribution in [0.1, 0.15) is 22.6 Å². The van der Waals surface area contributed by atoms with Crippen molar-refractivity contribution in [1.82, 2.24) is 25.3 Å². The summed E-state index contributed by atoms with van der Waals surface area (Å²) in [5, 5.41) is 3.30. The van der Waals surface area contributed by atoms with E-state index in [4.69, 9.17) is 0 Å². The van der Waals surface area contributed by atoms with Crippen molar-refractivity contribution < 1.29 is 4.39 Å². The largest absolute Gasteiger partial charge is 0.364 e. The van der Waals surface area contributed by atoms with E-state index in [1.165, 1.54) is 18.3 Å². The summed E-state index contributed by atoms with van der Waals surface area (Å²) in [7, 11) is 0. The van der Waals surface area contributed by atoms with Crippen molar-refractivity contribution in [2.75, 3.05) is 0 Å². The molecule has 7 heteroatoms. The molecule has 0 bridgehead atoms. The van der Waals surface area contributed by atoms with Crippen LogP contribution in [0, 0.1) is 19.7 Å². The van der Waals surface area contributed by atoms with Gasteiger partial charge in [-0.1, -0.05) is 24.8 Å². The van der Waals surface area contributed by atoms with Crippen LogP contribution >= 0.6 is 0 Å². The van der Waals surface area contributed by atoms with E-state index >= 15 is 0 Å². The maximum Gasteiger partial charge on any atom is 0.154 e. The number of hydrogen-bond donors (Lipinski definition) is 1. The summed E-state index contributed by atoms with van der Waals surface area (Å²) in [4.78, 5) is 22.3. The Kier molecular flexibility index (Phi) is 6.59. The van der Waals surface area contributed by atoms with Gasteiger partial charge in [-0.15, -0.1) is 0 Å². The minimum atomic E-state index is -0.315. The molecule has 0 amide bonds. The van der Waals surface area contributed by atoms with E-state index in [0.717, 1.165) is 22.5 Å². The highest BCUT2D eigenvalue weighted by molar-refractivity contribution is 5.98. The Morgan fingerprint density at radius 2 is 1.85 bits per heavy atom. The zero-order valence-electron chi connectivity index (χ0n) is 18.5. The SMILES string of the molecule is C=C/N=C(/NCc1ccc(-c2ccnc(C)c2)nc1)c1ncc(-c2cccc(F)c2)nc1C. The third kappa shape index (κ3) is 5.33. The zero-order valence-corrected chi connectivity index (χ0v) is 18.5. The number of hydrogen-bond acceptors (Lipinski definition) is 5. The first kappa shape index (κ1) is 22.0. The number of aliphatic imine (C=N–C) groups is 1.